The summed E-state index contributed by atoms with van der Waals surface area (Å²) in [5.41, 5.74) is 13.4. The van der Waals surface area contributed by atoms with Gasteiger partial charge in [0.05, 0.1) is 11.1 Å². The number of nitrogens with zero attached hydrogens (tertiary/aromatic N) is 1. The second-order valence-electron chi connectivity index (χ2n) is 16.0. The van der Waals surface area contributed by atoms with E-state index in [0.29, 0.717) is 0 Å². The number of anilines is 3. The molecule has 0 amide bonds. The summed E-state index contributed by atoms with van der Waals surface area (Å²) in [5, 5.41) is 9.41. The molecule has 0 atom stereocenters. The predicted molar refractivity (Wildman–Crippen MR) is 262 cm³/mol. The molecule has 0 fully saturated rings. The Morgan fingerprint density at radius 3 is 1.74 bits per heavy atom. The largest absolute Gasteiger partial charge is 0.455 e. The summed E-state index contributed by atoms with van der Waals surface area (Å²) in [6.45, 7) is 0. The highest BCUT2D eigenvalue weighted by Gasteiger charge is 2.23. The predicted octanol–water partition coefficient (Wildman–Crippen LogP) is 17.5. The van der Waals surface area contributed by atoms with Crippen molar-refractivity contribution >= 4 is 103 Å². The molecule has 0 N–H and O–H groups in total. The normalized spacial score (nSPS) is 11.9. The maximum Gasteiger partial charge on any atom is 0.145 e. The molecule has 0 spiro atoms. The van der Waals surface area contributed by atoms with Gasteiger partial charge in [0.1, 0.15) is 22.3 Å². The summed E-state index contributed by atoms with van der Waals surface area (Å²) in [5.74, 6) is 0. The van der Waals surface area contributed by atoms with Gasteiger partial charge in [-0.05, 0) is 93.7 Å². The molecule has 0 aliphatic rings. The van der Waals surface area contributed by atoms with Gasteiger partial charge in [0.15, 0.2) is 0 Å². The molecule has 0 unspecified atom stereocenters. The zero-order valence-electron chi connectivity index (χ0n) is 33.4. The molecule has 290 valence electrons. The van der Waals surface area contributed by atoms with Crippen molar-refractivity contribution in [3.63, 3.8) is 0 Å². The first-order valence-electron chi connectivity index (χ1n) is 21.0. The van der Waals surface area contributed by atoms with Crippen LogP contribution < -0.4 is 4.90 Å². The van der Waals surface area contributed by atoms with Crippen LogP contribution in [-0.2, 0) is 0 Å². The van der Waals surface area contributed by atoms with Gasteiger partial charge in [0, 0.05) is 58.8 Å². The van der Waals surface area contributed by atoms with Gasteiger partial charge in [-0.3, -0.25) is 0 Å². The molecule has 0 saturated carbocycles. The van der Waals surface area contributed by atoms with Crippen molar-refractivity contribution < 1.29 is 8.83 Å². The third kappa shape index (κ3) is 5.44. The van der Waals surface area contributed by atoms with E-state index in [2.05, 4.69) is 205 Å². The van der Waals surface area contributed by atoms with Crippen LogP contribution in [0, 0.1) is 0 Å². The molecule has 0 bridgehead atoms. The fourth-order valence-electron chi connectivity index (χ4n) is 9.57. The molecule has 10 aromatic carbocycles. The average molecular weight is 810 g/mol. The van der Waals surface area contributed by atoms with Crippen LogP contribution in [-0.4, -0.2) is 0 Å². The Morgan fingerprint density at radius 2 is 0.919 bits per heavy atom. The standard InChI is InChI=1S/C58H35NO2S/c1-2-13-42-37(11-1)12-9-18-44(42)49-33-34-51(56-50-16-4-7-21-53(50)61-58(49)56)59(40-28-23-36(24-29-40)39-27-32-47-46-15-5-8-22-54(46)62-55(47)35-39)41-30-25-38(26-31-41)43-17-10-19-48-45-14-3-6-20-52(45)60-57(43)48/h1-35H. The van der Waals surface area contributed by atoms with Crippen molar-refractivity contribution in [1.82, 2.24) is 0 Å². The van der Waals surface area contributed by atoms with Crippen LogP contribution in [0.3, 0.4) is 0 Å². The Kier molecular flexibility index (Phi) is 7.78. The van der Waals surface area contributed by atoms with E-state index in [1.54, 1.807) is 0 Å². The van der Waals surface area contributed by atoms with E-state index in [1.807, 2.05) is 23.5 Å². The van der Waals surface area contributed by atoms with Crippen molar-refractivity contribution in [1.29, 1.82) is 0 Å². The highest BCUT2D eigenvalue weighted by atomic mass is 32.1. The van der Waals surface area contributed by atoms with Crippen molar-refractivity contribution in [3.8, 4) is 33.4 Å². The molecule has 0 aliphatic carbocycles. The molecule has 62 heavy (non-hydrogen) atoms. The monoisotopic (exact) mass is 809 g/mol. The molecule has 0 radical (unpaired) electrons. The molecule has 3 heterocycles. The van der Waals surface area contributed by atoms with Gasteiger partial charge in [-0.1, -0.05) is 152 Å². The van der Waals surface area contributed by atoms with E-state index >= 15 is 0 Å². The third-order valence-corrected chi connectivity index (χ3v) is 13.6. The second kappa shape index (κ2) is 13.8. The third-order valence-electron chi connectivity index (χ3n) is 12.5. The molecule has 4 heteroatoms. The smallest absolute Gasteiger partial charge is 0.145 e. The molecular weight excluding hydrogens is 775 g/mol. The quantitative estimate of drug-likeness (QED) is 0.168. The Bertz CT molecular complexity index is 3860. The fourth-order valence-corrected chi connectivity index (χ4v) is 10.7. The van der Waals surface area contributed by atoms with E-state index in [-0.39, 0.29) is 0 Å². The number of hydrogen-bond donors (Lipinski definition) is 0. The highest BCUT2D eigenvalue weighted by molar-refractivity contribution is 7.25. The SMILES string of the molecule is c1ccc2c(-c3ccc(N(c4ccc(-c5ccc6c(c5)sc5ccccc56)cc4)c4ccc(-c5cccc6c5oc5ccccc56)cc4)c4c3oc3ccccc34)cccc2c1. The van der Waals surface area contributed by atoms with Crippen LogP contribution in [0.5, 0.6) is 0 Å². The lowest BCUT2D eigenvalue weighted by Gasteiger charge is -2.27. The lowest BCUT2D eigenvalue weighted by molar-refractivity contribution is 0.669. The number of hydrogen-bond acceptors (Lipinski definition) is 4. The van der Waals surface area contributed by atoms with Crippen LogP contribution in [0.25, 0.3) is 108 Å². The number of para-hydroxylation sites is 3. The summed E-state index contributed by atoms with van der Waals surface area (Å²) in [6, 6.07) is 76.1. The Morgan fingerprint density at radius 1 is 0.339 bits per heavy atom. The molecular formula is C58H35NO2S. The van der Waals surface area contributed by atoms with Gasteiger partial charge in [-0.2, -0.15) is 0 Å². The highest BCUT2D eigenvalue weighted by Crippen LogP contribution is 2.48. The van der Waals surface area contributed by atoms with Gasteiger partial charge in [0.25, 0.3) is 0 Å². The van der Waals surface area contributed by atoms with Crippen LogP contribution in [0.4, 0.5) is 17.1 Å². The van der Waals surface area contributed by atoms with Gasteiger partial charge in [0.2, 0.25) is 0 Å². The van der Waals surface area contributed by atoms with Crippen molar-refractivity contribution in [2.75, 3.05) is 4.90 Å². The van der Waals surface area contributed by atoms with E-state index < -0.39 is 0 Å². The molecule has 0 aliphatic heterocycles. The number of fused-ring (bicyclic) bond motifs is 10. The Balaban J connectivity index is 0.992. The van der Waals surface area contributed by atoms with Crippen LogP contribution >= 0.6 is 11.3 Å². The van der Waals surface area contributed by atoms with E-state index in [1.165, 1.54) is 42.1 Å². The summed E-state index contributed by atoms with van der Waals surface area (Å²) in [7, 11) is 0. The van der Waals surface area contributed by atoms with Gasteiger partial charge in [-0.25, -0.2) is 0 Å². The van der Waals surface area contributed by atoms with Gasteiger partial charge < -0.3 is 13.7 Å². The Hall–Kier alpha value is -7.92. The minimum Gasteiger partial charge on any atom is -0.455 e. The Labute approximate surface area is 360 Å². The number of thiophene rings is 1. The summed E-state index contributed by atoms with van der Waals surface area (Å²) < 4.78 is 16.0. The second-order valence-corrected chi connectivity index (χ2v) is 17.1. The van der Waals surface area contributed by atoms with Crippen molar-refractivity contribution in [2.45, 2.75) is 0 Å². The molecule has 13 rings (SSSR count). The molecule has 13 aromatic rings. The van der Waals surface area contributed by atoms with Crippen molar-refractivity contribution in [3.05, 3.63) is 212 Å². The van der Waals surface area contributed by atoms with E-state index in [9.17, 15) is 0 Å². The van der Waals surface area contributed by atoms with Crippen LogP contribution in [0.2, 0.25) is 0 Å². The molecule has 3 aromatic heterocycles. The number of benzene rings is 10. The number of furan rings is 2. The first-order chi connectivity index (χ1) is 30.7. The average Bonchev–Trinajstić information content (AvgIpc) is 4.04. The zero-order chi connectivity index (χ0) is 40.7. The van der Waals surface area contributed by atoms with Gasteiger partial charge >= 0.3 is 0 Å². The van der Waals surface area contributed by atoms with Crippen LogP contribution in [0.1, 0.15) is 0 Å². The summed E-state index contributed by atoms with van der Waals surface area (Å²) >= 11 is 1.85. The first kappa shape index (κ1) is 34.9. The van der Waals surface area contributed by atoms with E-state index in [0.717, 1.165) is 83.2 Å². The number of rotatable bonds is 6. The fraction of sp³-hybridized carbons (Fsp3) is 0. The minimum atomic E-state index is 0.859. The molecule has 0 saturated heterocycles. The van der Waals surface area contributed by atoms with Gasteiger partial charge in [-0.15, -0.1) is 11.3 Å². The van der Waals surface area contributed by atoms with Crippen molar-refractivity contribution in [2.24, 2.45) is 0 Å². The topological polar surface area (TPSA) is 29.5 Å². The maximum absolute atomic E-state index is 6.89. The van der Waals surface area contributed by atoms with E-state index in [4.69, 9.17) is 8.83 Å². The zero-order valence-corrected chi connectivity index (χ0v) is 34.2. The maximum atomic E-state index is 6.89. The summed E-state index contributed by atoms with van der Waals surface area (Å²) in [6.07, 6.45) is 0. The van der Waals surface area contributed by atoms with Crippen LogP contribution in [0.15, 0.2) is 221 Å². The lowest BCUT2D eigenvalue weighted by atomic mass is 9.95. The minimum absolute atomic E-state index is 0.859. The molecule has 3 nitrogen and oxygen atoms in total. The lowest BCUT2D eigenvalue weighted by Crippen LogP contribution is -2.10. The summed E-state index contributed by atoms with van der Waals surface area (Å²) in [4.78, 5) is 2.38. The first-order valence-corrected chi connectivity index (χ1v) is 21.8.